The number of carbonyl (C=O) groups is 2. The lowest BCUT2D eigenvalue weighted by molar-refractivity contribution is -0.138. The molecule has 0 aliphatic carbocycles. The Balaban J connectivity index is 2.33. The first-order valence-electron chi connectivity index (χ1n) is 11.4. The maximum atomic E-state index is 12.1. The highest BCUT2D eigenvalue weighted by Gasteiger charge is 2.10. The Bertz CT molecular complexity index is 748. The van der Waals surface area contributed by atoms with E-state index in [1.54, 1.807) is 12.1 Å². The summed E-state index contributed by atoms with van der Waals surface area (Å²) in [7, 11) is 0. The standard InChI is InChI=1S/C26H36N2O3/c1-3-4-5-6-7-8-9-10-11-15-21-31-26(30)24(22-27)17-16-20-28(23(2)29)25-18-13-12-14-19-25/h12-14,16-20H,3-11,15,21H2,1-2H3. The molecule has 5 nitrogen and oxygen atoms in total. The highest BCUT2D eigenvalue weighted by molar-refractivity contribution is 5.94. The lowest BCUT2D eigenvalue weighted by atomic mass is 10.1. The molecule has 0 bridgehead atoms. The molecule has 0 spiro atoms. The van der Waals surface area contributed by atoms with E-state index in [1.807, 2.05) is 24.3 Å². The molecule has 0 N–H and O–H groups in total. The van der Waals surface area contributed by atoms with Crippen LogP contribution >= 0.6 is 0 Å². The van der Waals surface area contributed by atoms with Crippen LogP contribution in [0.25, 0.3) is 0 Å². The van der Waals surface area contributed by atoms with E-state index in [4.69, 9.17) is 4.74 Å². The fraction of sp³-hybridized carbons (Fsp3) is 0.500. The zero-order valence-electron chi connectivity index (χ0n) is 19.0. The van der Waals surface area contributed by atoms with E-state index in [0.717, 1.165) is 19.3 Å². The Morgan fingerprint density at radius 3 is 2.10 bits per heavy atom. The Kier molecular flexibility index (Phi) is 14.2. The lowest BCUT2D eigenvalue weighted by Gasteiger charge is -2.15. The highest BCUT2D eigenvalue weighted by atomic mass is 16.5. The number of esters is 1. The molecule has 1 aromatic rings. The molecule has 0 aliphatic heterocycles. The van der Waals surface area contributed by atoms with E-state index >= 15 is 0 Å². The lowest BCUT2D eigenvalue weighted by Crippen LogP contribution is -2.21. The van der Waals surface area contributed by atoms with Gasteiger partial charge in [-0.25, -0.2) is 4.79 Å². The molecule has 0 unspecified atom stereocenters. The quantitative estimate of drug-likeness (QED) is 0.106. The minimum absolute atomic E-state index is 0.0834. The van der Waals surface area contributed by atoms with Crippen molar-refractivity contribution in [3.8, 4) is 6.07 Å². The normalized spacial score (nSPS) is 11.3. The zero-order valence-corrected chi connectivity index (χ0v) is 19.0. The maximum Gasteiger partial charge on any atom is 0.348 e. The summed E-state index contributed by atoms with van der Waals surface area (Å²) in [5.41, 5.74) is 0.626. The summed E-state index contributed by atoms with van der Waals surface area (Å²) in [6, 6.07) is 11.0. The first-order chi connectivity index (χ1) is 15.1. The van der Waals surface area contributed by atoms with Crippen molar-refractivity contribution >= 4 is 17.6 Å². The third kappa shape index (κ3) is 11.8. The molecule has 0 saturated carbocycles. The van der Waals surface area contributed by atoms with Gasteiger partial charge in [0, 0.05) is 18.8 Å². The van der Waals surface area contributed by atoms with Crippen molar-refractivity contribution in [2.45, 2.75) is 78.1 Å². The van der Waals surface area contributed by atoms with E-state index in [0.29, 0.717) is 12.3 Å². The number of hydrogen-bond donors (Lipinski definition) is 0. The summed E-state index contributed by atoms with van der Waals surface area (Å²) in [6.45, 7) is 4.00. The van der Waals surface area contributed by atoms with Crippen LogP contribution in [0.3, 0.4) is 0 Å². The number of carbonyl (C=O) groups excluding carboxylic acids is 2. The van der Waals surface area contributed by atoms with Crippen molar-refractivity contribution < 1.29 is 14.3 Å². The van der Waals surface area contributed by atoms with Crippen molar-refractivity contribution in [3.63, 3.8) is 0 Å². The first-order valence-corrected chi connectivity index (χ1v) is 11.4. The zero-order chi connectivity index (χ0) is 22.7. The molecule has 5 heteroatoms. The fourth-order valence-electron chi connectivity index (χ4n) is 3.17. The molecule has 0 heterocycles. The fourth-order valence-corrected chi connectivity index (χ4v) is 3.17. The number of allylic oxidation sites excluding steroid dienone is 2. The number of benzene rings is 1. The molecule has 168 valence electrons. The number of ether oxygens (including phenoxy) is 1. The molecular weight excluding hydrogens is 388 g/mol. The Morgan fingerprint density at radius 2 is 1.55 bits per heavy atom. The van der Waals surface area contributed by atoms with Crippen LogP contribution in [0.4, 0.5) is 5.69 Å². The van der Waals surface area contributed by atoms with E-state index in [9.17, 15) is 14.9 Å². The van der Waals surface area contributed by atoms with Crippen molar-refractivity contribution in [2.75, 3.05) is 11.5 Å². The minimum Gasteiger partial charge on any atom is -0.462 e. The van der Waals surface area contributed by atoms with Gasteiger partial charge in [0.15, 0.2) is 0 Å². The average Bonchev–Trinajstić information content (AvgIpc) is 2.77. The van der Waals surface area contributed by atoms with Crippen LogP contribution in [0, 0.1) is 11.3 Å². The topological polar surface area (TPSA) is 70.4 Å². The molecule has 0 atom stereocenters. The molecule has 0 radical (unpaired) electrons. The molecular formula is C26H36N2O3. The monoisotopic (exact) mass is 424 g/mol. The number of amides is 1. The van der Waals surface area contributed by atoms with E-state index in [2.05, 4.69) is 6.92 Å². The van der Waals surface area contributed by atoms with Gasteiger partial charge in [0.05, 0.1) is 6.61 Å². The number of anilines is 1. The molecule has 0 saturated heterocycles. The van der Waals surface area contributed by atoms with Crippen LogP contribution < -0.4 is 4.90 Å². The number of nitriles is 1. The van der Waals surface area contributed by atoms with Gasteiger partial charge in [0.2, 0.25) is 5.91 Å². The molecule has 0 aromatic heterocycles. The Hall–Kier alpha value is -2.87. The molecule has 0 fully saturated rings. The van der Waals surface area contributed by atoms with Gasteiger partial charge in [-0.3, -0.25) is 9.69 Å². The molecule has 31 heavy (non-hydrogen) atoms. The van der Waals surface area contributed by atoms with Crippen LogP contribution in [0.5, 0.6) is 0 Å². The van der Waals surface area contributed by atoms with Crippen LogP contribution in [0.1, 0.15) is 78.1 Å². The summed E-state index contributed by atoms with van der Waals surface area (Å²) < 4.78 is 5.21. The first kappa shape index (κ1) is 26.2. The van der Waals surface area contributed by atoms with Gasteiger partial charge in [0.25, 0.3) is 0 Å². The SMILES string of the molecule is CCCCCCCCCCCCOC(=O)C(C#N)=CC=CN(C(C)=O)c1ccccc1. The van der Waals surface area contributed by atoms with Gasteiger partial charge < -0.3 is 4.74 Å². The number of hydrogen-bond acceptors (Lipinski definition) is 4. The number of nitrogens with zero attached hydrogens (tertiary/aromatic N) is 2. The Morgan fingerprint density at radius 1 is 0.968 bits per heavy atom. The number of rotatable bonds is 15. The number of para-hydroxylation sites is 1. The van der Waals surface area contributed by atoms with Crippen LogP contribution in [-0.2, 0) is 14.3 Å². The van der Waals surface area contributed by atoms with Gasteiger partial charge in [-0.2, -0.15) is 5.26 Å². The predicted octanol–water partition coefficient (Wildman–Crippen LogP) is 6.47. The third-order valence-electron chi connectivity index (χ3n) is 4.94. The second kappa shape index (κ2) is 16.9. The van der Waals surface area contributed by atoms with Gasteiger partial charge in [-0.1, -0.05) is 82.9 Å². The highest BCUT2D eigenvalue weighted by Crippen LogP contribution is 2.14. The summed E-state index contributed by atoms with van der Waals surface area (Å²) in [6.07, 6.45) is 16.5. The second-order valence-corrected chi connectivity index (χ2v) is 7.58. The van der Waals surface area contributed by atoms with E-state index in [-0.39, 0.29) is 11.5 Å². The minimum atomic E-state index is -0.628. The smallest absolute Gasteiger partial charge is 0.348 e. The summed E-state index contributed by atoms with van der Waals surface area (Å²) in [5, 5.41) is 9.23. The number of unbranched alkanes of at least 4 members (excludes halogenated alkanes) is 9. The van der Waals surface area contributed by atoms with Crippen LogP contribution in [0.15, 0.2) is 54.3 Å². The van der Waals surface area contributed by atoms with Crippen molar-refractivity contribution in [1.29, 1.82) is 5.26 Å². The van der Waals surface area contributed by atoms with Gasteiger partial charge >= 0.3 is 5.97 Å². The van der Waals surface area contributed by atoms with Gasteiger partial charge in [0.1, 0.15) is 11.6 Å². The largest absolute Gasteiger partial charge is 0.462 e. The molecule has 0 aliphatic rings. The second-order valence-electron chi connectivity index (χ2n) is 7.58. The average molecular weight is 425 g/mol. The molecule has 1 aromatic carbocycles. The third-order valence-corrected chi connectivity index (χ3v) is 4.94. The van der Waals surface area contributed by atoms with Gasteiger partial charge in [-0.15, -0.1) is 0 Å². The van der Waals surface area contributed by atoms with Crippen LogP contribution in [-0.4, -0.2) is 18.5 Å². The summed E-state index contributed by atoms with van der Waals surface area (Å²) >= 11 is 0. The van der Waals surface area contributed by atoms with Gasteiger partial charge in [-0.05, 0) is 30.7 Å². The molecule has 1 rings (SSSR count). The maximum absolute atomic E-state index is 12.1. The Labute approximate surface area is 187 Å². The molecule has 1 amide bonds. The van der Waals surface area contributed by atoms with Crippen molar-refractivity contribution in [1.82, 2.24) is 0 Å². The van der Waals surface area contributed by atoms with Crippen LogP contribution in [0.2, 0.25) is 0 Å². The van der Waals surface area contributed by atoms with Crippen molar-refractivity contribution in [3.05, 3.63) is 54.3 Å². The van der Waals surface area contributed by atoms with Crippen molar-refractivity contribution in [2.24, 2.45) is 0 Å². The van der Waals surface area contributed by atoms with E-state index < -0.39 is 5.97 Å². The summed E-state index contributed by atoms with van der Waals surface area (Å²) in [5.74, 6) is -0.796. The van der Waals surface area contributed by atoms with E-state index in [1.165, 1.54) is 75.1 Å². The summed E-state index contributed by atoms with van der Waals surface area (Å²) in [4.78, 5) is 25.4. The predicted molar refractivity (Wildman–Crippen MR) is 125 cm³/mol.